The Balaban J connectivity index is 1.76. The molecule has 0 aliphatic carbocycles. The molecule has 0 bridgehead atoms. The van der Waals surface area contributed by atoms with E-state index in [0.717, 1.165) is 38.0 Å². The zero-order valence-corrected chi connectivity index (χ0v) is 10.3. The lowest BCUT2D eigenvalue weighted by atomic mass is 10.0. The largest absolute Gasteiger partial charge is 0.488 e. The number of nitrogens with one attached hydrogen (secondary N) is 1. The number of hydrogen-bond donors (Lipinski definition) is 1. The quantitative estimate of drug-likeness (QED) is 0.895. The van der Waals surface area contributed by atoms with Gasteiger partial charge < -0.3 is 14.8 Å². The summed E-state index contributed by atoms with van der Waals surface area (Å²) >= 11 is 0. The van der Waals surface area contributed by atoms with Crippen LogP contribution in [0.3, 0.4) is 0 Å². The predicted molar refractivity (Wildman–Crippen MR) is 66.2 cm³/mol. The van der Waals surface area contributed by atoms with Crippen molar-refractivity contribution in [2.24, 2.45) is 0 Å². The van der Waals surface area contributed by atoms with Crippen molar-refractivity contribution in [2.75, 3.05) is 19.8 Å². The summed E-state index contributed by atoms with van der Waals surface area (Å²) in [4.78, 5) is 0. The van der Waals surface area contributed by atoms with Crippen LogP contribution < -0.4 is 10.1 Å². The van der Waals surface area contributed by atoms with Gasteiger partial charge in [-0.15, -0.1) is 0 Å². The molecule has 0 aromatic heterocycles. The van der Waals surface area contributed by atoms with Crippen LogP contribution in [-0.2, 0) is 4.74 Å². The Morgan fingerprint density at radius 3 is 2.94 bits per heavy atom. The van der Waals surface area contributed by atoms with Gasteiger partial charge in [-0.2, -0.15) is 0 Å². The smallest absolute Gasteiger partial charge is 0.127 e. The minimum absolute atomic E-state index is 0.0659. The van der Waals surface area contributed by atoms with Crippen LogP contribution in [0, 0.1) is 5.82 Å². The molecule has 3 nitrogen and oxygen atoms in total. The van der Waals surface area contributed by atoms with Gasteiger partial charge in [-0.25, -0.2) is 4.39 Å². The van der Waals surface area contributed by atoms with E-state index in [2.05, 4.69) is 5.32 Å². The van der Waals surface area contributed by atoms with Gasteiger partial charge in [0.05, 0.1) is 13.2 Å². The molecular formula is C14H18FNO2. The first kappa shape index (κ1) is 11.9. The van der Waals surface area contributed by atoms with Crippen molar-refractivity contribution in [3.63, 3.8) is 0 Å². The first-order valence-electron chi connectivity index (χ1n) is 6.59. The Kier molecular flexibility index (Phi) is 3.48. The number of hydrogen-bond acceptors (Lipinski definition) is 3. The van der Waals surface area contributed by atoms with Crippen molar-refractivity contribution in [1.29, 1.82) is 0 Å². The summed E-state index contributed by atoms with van der Waals surface area (Å²) in [5.41, 5.74) is 0.987. The van der Waals surface area contributed by atoms with Crippen molar-refractivity contribution in [3.05, 3.63) is 29.6 Å². The Hall–Kier alpha value is -1.13. The first-order chi connectivity index (χ1) is 8.81. The van der Waals surface area contributed by atoms with Crippen LogP contribution in [0.4, 0.5) is 4.39 Å². The molecule has 0 spiro atoms. The number of ether oxygens (including phenoxy) is 2. The molecule has 0 amide bonds. The molecular weight excluding hydrogens is 233 g/mol. The van der Waals surface area contributed by atoms with Crippen molar-refractivity contribution in [1.82, 2.24) is 5.32 Å². The van der Waals surface area contributed by atoms with E-state index in [1.54, 1.807) is 6.07 Å². The van der Waals surface area contributed by atoms with Crippen LogP contribution in [0.5, 0.6) is 5.75 Å². The molecule has 98 valence electrons. The van der Waals surface area contributed by atoms with E-state index in [1.807, 2.05) is 6.07 Å². The topological polar surface area (TPSA) is 30.5 Å². The third kappa shape index (κ3) is 2.65. The molecule has 4 heteroatoms. The lowest BCUT2D eigenvalue weighted by Crippen LogP contribution is -2.17. The summed E-state index contributed by atoms with van der Waals surface area (Å²) < 4.78 is 24.6. The fraction of sp³-hybridized carbons (Fsp3) is 0.571. The minimum atomic E-state index is -0.227. The van der Waals surface area contributed by atoms with Crippen LogP contribution in [0.2, 0.25) is 0 Å². The summed E-state index contributed by atoms with van der Waals surface area (Å²) in [5.74, 6) is 0.393. The maximum atomic E-state index is 13.6. The second kappa shape index (κ2) is 5.24. The molecule has 1 aromatic rings. The lowest BCUT2D eigenvalue weighted by Gasteiger charge is -2.16. The van der Waals surface area contributed by atoms with Gasteiger partial charge in [0.1, 0.15) is 17.7 Å². The first-order valence-corrected chi connectivity index (χ1v) is 6.59. The van der Waals surface area contributed by atoms with E-state index in [0.29, 0.717) is 12.4 Å². The second-order valence-electron chi connectivity index (χ2n) is 4.97. The molecule has 2 heterocycles. The standard InChI is InChI=1S/C14H18FNO2/c15-11-6-10(14-2-1-4-16-14)7-13(8-11)18-12-3-5-17-9-12/h6-8,12,14,16H,1-5,9H2/t12?,14-/m1/s1. The Morgan fingerprint density at radius 1 is 1.28 bits per heavy atom. The number of rotatable bonds is 3. The molecule has 1 aromatic carbocycles. The summed E-state index contributed by atoms with van der Waals surface area (Å²) in [7, 11) is 0. The molecule has 2 fully saturated rings. The zero-order valence-electron chi connectivity index (χ0n) is 10.3. The maximum Gasteiger partial charge on any atom is 0.127 e. The van der Waals surface area contributed by atoms with E-state index in [1.165, 1.54) is 6.07 Å². The molecule has 18 heavy (non-hydrogen) atoms. The second-order valence-corrected chi connectivity index (χ2v) is 4.97. The highest BCUT2D eigenvalue weighted by atomic mass is 19.1. The highest BCUT2D eigenvalue weighted by Gasteiger charge is 2.20. The van der Waals surface area contributed by atoms with Crippen LogP contribution in [0.15, 0.2) is 18.2 Å². The monoisotopic (exact) mass is 251 g/mol. The summed E-state index contributed by atoms with van der Waals surface area (Å²) in [5, 5.41) is 3.37. The molecule has 1 unspecified atom stereocenters. The van der Waals surface area contributed by atoms with Crippen molar-refractivity contribution >= 4 is 0 Å². The minimum Gasteiger partial charge on any atom is -0.488 e. The maximum absolute atomic E-state index is 13.6. The van der Waals surface area contributed by atoms with Crippen LogP contribution in [0.25, 0.3) is 0 Å². The van der Waals surface area contributed by atoms with E-state index in [4.69, 9.17) is 9.47 Å². The highest BCUT2D eigenvalue weighted by Crippen LogP contribution is 2.28. The van der Waals surface area contributed by atoms with Crippen molar-refractivity contribution in [2.45, 2.75) is 31.4 Å². The van der Waals surface area contributed by atoms with Gasteiger partial charge in [-0.3, -0.25) is 0 Å². The summed E-state index contributed by atoms with van der Waals surface area (Å²) in [6.45, 7) is 2.35. The molecule has 2 saturated heterocycles. The van der Waals surface area contributed by atoms with Crippen LogP contribution in [0.1, 0.15) is 30.9 Å². The van der Waals surface area contributed by atoms with Gasteiger partial charge >= 0.3 is 0 Å². The third-order valence-corrected chi connectivity index (χ3v) is 3.55. The molecule has 0 radical (unpaired) electrons. The molecule has 2 aliphatic heterocycles. The Bertz CT molecular complexity index is 412. The Labute approximate surface area is 106 Å². The van der Waals surface area contributed by atoms with E-state index in [9.17, 15) is 4.39 Å². The normalized spacial score (nSPS) is 27.6. The predicted octanol–water partition coefficient (Wildman–Crippen LogP) is 2.42. The van der Waals surface area contributed by atoms with Gasteiger partial charge in [0.25, 0.3) is 0 Å². The number of halogens is 1. The van der Waals surface area contributed by atoms with Gasteiger partial charge in [0, 0.05) is 18.5 Å². The molecule has 3 rings (SSSR count). The van der Waals surface area contributed by atoms with Crippen molar-refractivity contribution in [3.8, 4) is 5.75 Å². The van der Waals surface area contributed by atoms with Gasteiger partial charge in [-0.1, -0.05) is 0 Å². The van der Waals surface area contributed by atoms with Gasteiger partial charge in [-0.05, 0) is 37.1 Å². The Morgan fingerprint density at radius 2 is 2.22 bits per heavy atom. The zero-order chi connectivity index (χ0) is 12.4. The summed E-state index contributed by atoms with van der Waals surface area (Å²) in [6.07, 6.45) is 3.16. The lowest BCUT2D eigenvalue weighted by molar-refractivity contribution is 0.141. The van der Waals surface area contributed by atoms with Crippen molar-refractivity contribution < 1.29 is 13.9 Å². The SMILES string of the molecule is Fc1cc(OC2CCOC2)cc([C@H]2CCCN2)c1. The molecule has 0 saturated carbocycles. The molecule has 2 atom stereocenters. The highest BCUT2D eigenvalue weighted by molar-refractivity contribution is 5.32. The average molecular weight is 251 g/mol. The van der Waals surface area contributed by atoms with Gasteiger partial charge in [0.15, 0.2) is 0 Å². The fourth-order valence-corrected chi connectivity index (χ4v) is 2.62. The number of benzene rings is 1. The fourth-order valence-electron chi connectivity index (χ4n) is 2.62. The molecule has 1 N–H and O–H groups in total. The van der Waals surface area contributed by atoms with E-state index < -0.39 is 0 Å². The van der Waals surface area contributed by atoms with Crippen LogP contribution >= 0.6 is 0 Å². The van der Waals surface area contributed by atoms with Gasteiger partial charge in [0.2, 0.25) is 0 Å². The van der Waals surface area contributed by atoms with E-state index in [-0.39, 0.29) is 18.0 Å². The van der Waals surface area contributed by atoms with Crippen LogP contribution in [-0.4, -0.2) is 25.9 Å². The van der Waals surface area contributed by atoms with E-state index >= 15 is 0 Å². The third-order valence-electron chi connectivity index (χ3n) is 3.55. The molecule has 2 aliphatic rings. The average Bonchev–Trinajstić information content (AvgIpc) is 3.00. The summed E-state index contributed by atoms with van der Waals surface area (Å²) in [6, 6.07) is 5.27.